The van der Waals surface area contributed by atoms with E-state index in [2.05, 4.69) is 6.92 Å². The third-order valence-corrected chi connectivity index (χ3v) is 2.90. The maximum atomic E-state index is 11.1. The predicted octanol–water partition coefficient (Wildman–Crippen LogP) is 3.13. The predicted molar refractivity (Wildman–Crippen MR) is 67.3 cm³/mol. The summed E-state index contributed by atoms with van der Waals surface area (Å²) in [4.78, 5) is 11.1. The molecule has 0 aliphatic carbocycles. The summed E-state index contributed by atoms with van der Waals surface area (Å²) in [6, 6.07) is 7.60. The number of ether oxygens (including phenoxy) is 1. The minimum Gasteiger partial charge on any atom is -0.497 e. The number of carbonyl (C=O) groups is 1. The van der Waals surface area contributed by atoms with Crippen LogP contribution < -0.4 is 4.74 Å². The second kappa shape index (κ2) is 6.94. The first-order valence-electron chi connectivity index (χ1n) is 6.03. The summed E-state index contributed by atoms with van der Waals surface area (Å²) in [5.74, 6) is -0.174. The summed E-state index contributed by atoms with van der Waals surface area (Å²) in [5, 5.41) is 9.14. The molecule has 0 spiro atoms. The second-order valence-electron chi connectivity index (χ2n) is 4.23. The number of methoxy groups -OCH3 is 1. The summed E-state index contributed by atoms with van der Waals surface area (Å²) < 4.78 is 5.07. The van der Waals surface area contributed by atoms with Gasteiger partial charge in [-0.25, -0.2) is 0 Å². The molecule has 0 amide bonds. The fourth-order valence-electron chi connectivity index (χ4n) is 1.81. The molecule has 0 bridgehead atoms. The molecule has 1 unspecified atom stereocenters. The number of unbranched alkanes of at least 4 members (excludes halogenated alkanes) is 1. The largest absolute Gasteiger partial charge is 0.497 e. The number of benzene rings is 1. The van der Waals surface area contributed by atoms with Gasteiger partial charge in [0.15, 0.2) is 0 Å². The van der Waals surface area contributed by atoms with Crippen molar-refractivity contribution in [3.63, 3.8) is 0 Å². The lowest BCUT2D eigenvalue weighted by Gasteiger charge is -2.12. The van der Waals surface area contributed by atoms with E-state index in [0.717, 1.165) is 30.6 Å². The fraction of sp³-hybridized carbons (Fsp3) is 0.500. The van der Waals surface area contributed by atoms with Crippen LogP contribution in [0.5, 0.6) is 5.75 Å². The van der Waals surface area contributed by atoms with Gasteiger partial charge < -0.3 is 9.84 Å². The molecule has 1 aromatic rings. The van der Waals surface area contributed by atoms with E-state index in [4.69, 9.17) is 9.84 Å². The zero-order chi connectivity index (χ0) is 12.7. The number of aliphatic carboxylic acids is 1. The molecular formula is C14H20O3. The van der Waals surface area contributed by atoms with Crippen LogP contribution in [-0.4, -0.2) is 18.2 Å². The van der Waals surface area contributed by atoms with Gasteiger partial charge in [0.25, 0.3) is 0 Å². The highest BCUT2D eigenvalue weighted by Crippen LogP contribution is 2.18. The van der Waals surface area contributed by atoms with Gasteiger partial charge in [-0.1, -0.05) is 31.9 Å². The Kier molecular flexibility index (Phi) is 5.53. The molecule has 0 aliphatic heterocycles. The van der Waals surface area contributed by atoms with Crippen molar-refractivity contribution in [2.75, 3.05) is 7.11 Å². The lowest BCUT2D eigenvalue weighted by molar-refractivity contribution is -0.141. The van der Waals surface area contributed by atoms with E-state index in [1.54, 1.807) is 7.11 Å². The number of carboxylic acid groups (broad SMARTS) is 1. The van der Waals surface area contributed by atoms with E-state index < -0.39 is 5.97 Å². The standard InChI is InChI=1S/C14H20O3/c1-3-4-5-12(14(15)16)10-11-6-8-13(17-2)9-7-11/h6-9,12H,3-5,10H2,1-2H3,(H,15,16). The SMILES string of the molecule is CCCCC(Cc1ccc(OC)cc1)C(=O)O. The molecule has 3 heteroatoms. The van der Waals surface area contributed by atoms with Crippen molar-refractivity contribution in [3.05, 3.63) is 29.8 Å². The van der Waals surface area contributed by atoms with Gasteiger partial charge in [-0.15, -0.1) is 0 Å². The van der Waals surface area contributed by atoms with Gasteiger partial charge in [-0.2, -0.15) is 0 Å². The van der Waals surface area contributed by atoms with Crippen molar-refractivity contribution >= 4 is 5.97 Å². The van der Waals surface area contributed by atoms with Crippen LogP contribution in [0.15, 0.2) is 24.3 Å². The number of hydrogen-bond donors (Lipinski definition) is 1. The van der Waals surface area contributed by atoms with Gasteiger partial charge in [0.05, 0.1) is 13.0 Å². The molecule has 0 saturated carbocycles. The summed E-state index contributed by atoms with van der Waals surface area (Å²) >= 11 is 0. The first kappa shape index (κ1) is 13.6. The Morgan fingerprint density at radius 1 is 1.35 bits per heavy atom. The average molecular weight is 236 g/mol. The molecule has 1 atom stereocenters. The van der Waals surface area contributed by atoms with Gasteiger partial charge >= 0.3 is 5.97 Å². The minimum absolute atomic E-state index is 0.275. The van der Waals surface area contributed by atoms with Crippen LogP contribution in [0.1, 0.15) is 31.7 Å². The summed E-state index contributed by atoms with van der Waals surface area (Å²) in [5.41, 5.74) is 1.05. The molecule has 0 heterocycles. The molecule has 1 rings (SSSR count). The summed E-state index contributed by atoms with van der Waals surface area (Å²) in [7, 11) is 1.62. The Morgan fingerprint density at radius 3 is 2.47 bits per heavy atom. The highest BCUT2D eigenvalue weighted by atomic mass is 16.5. The van der Waals surface area contributed by atoms with Crippen LogP contribution in [0, 0.1) is 5.92 Å². The third-order valence-electron chi connectivity index (χ3n) is 2.90. The van der Waals surface area contributed by atoms with E-state index in [1.165, 1.54) is 0 Å². The normalized spacial score (nSPS) is 12.1. The van der Waals surface area contributed by atoms with Gasteiger partial charge in [-0.05, 0) is 30.5 Å². The van der Waals surface area contributed by atoms with Gasteiger partial charge in [0, 0.05) is 0 Å². The van der Waals surface area contributed by atoms with E-state index in [-0.39, 0.29) is 5.92 Å². The highest BCUT2D eigenvalue weighted by molar-refractivity contribution is 5.70. The monoisotopic (exact) mass is 236 g/mol. The zero-order valence-corrected chi connectivity index (χ0v) is 10.5. The molecule has 0 aliphatic rings. The van der Waals surface area contributed by atoms with E-state index in [9.17, 15) is 4.79 Å². The molecule has 3 nitrogen and oxygen atoms in total. The van der Waals surface area contributed by atoms with Crippen LogP contribution in [0.4, 0.5) is 0 Å². The quantitative estimate of drug-likeness (QED) is 0.791. The van der Waals surface area contributed by atoms with Gasteiger partial charge in [-0.3, -0.25) is 4.79 Å². The lowest BCUT2D eigenvalue weighted by atomic mass is 9.94. The molecule has 0 radical (unpaired) electrons. The Labute approximate surface area is 102 Å². The zero-order valence-electron chi connectivity index (χ0n) is 10.5. The fourth-order valence-corrected chi connectivity index (χ4v) is 1.81. The molecular weight excluding hydrogens is 216 g/mol. The van der Waals surface area contributed by atoms with Crippen molar-refractivity contribution < 1.29 is 14.6 Å². The molecule has 1 aromatic carbocycles. The Hall–Kier alpha value is -1.51. The molecule has 0 aromatic heterocycles. The van der Waals surface area contributed by atoms with Crippen molar-refractivity contribution in [1.29, 1.82) is 0 Å². The third kappa shape index (κ3) is 4.47. The van der Waals surface area contributed by atoms with E-state index >= 15 is 0 Å². The van der Waals surface area contributed by atoms with Crippen LogP contribution in [-0.2, 0) is 11.2 Å². The Bertz CT molecular complexity index is 343. The Balaban J connectivity index is 2.61. The average Bonchev–Trinajstić information content (AvgIpc) is 2.35. The van der Waals surface area contributed by atoms with Crippen molar-refractivity contribution in [2.45, 2.75) is 32.6 Å². The maximum absolute atomic E-state index is 11.1. The number of carboxylic acids is 1. The minimum atomic E-state index is -0.700. The van der Waals surface area contributed by atoms with E-state index in [0.29, 0.717) is 6.42 Å². The molecule has 94 valence electrons. The molecule has 0 saturated heterocycles. The smallest absolute Gasteiger partial charge is 0.306 e. The Morgan fingerprint density at radius 2 is 2.00 bits per heavy atom. The van der Waals surface area contributed by atoms with Gasteiger partial charge in [0.2, 0.25) is 0 Å². The van der Waals surface area contributed by atoms with Crippen LogP contribution >= 0.6 is 0 Å². The summed E-state index contributed by atoms with van der Waals surface area (Å²) in [6.45, 7) is 2.08. The highest BCUT2D eigenvalue weighted by Gasteiger charge is 2.17. The van der Waals surface area contributed by atoms with Crippen LogP contribution in [0.2, 0.25) is 0 Å². The van der Waals surface area contributed by atoms with Crippen LogP contribution in [0.25, 0.3) is 0 Å². The number of rotatable bonds is 7. The van der Waals surface area contributed by atoms with Crippen molar-refractivity contribution in [3.8, 4) is 5.75 Å². The van der Waals surface area contributed by atoms with Crippen molar-refractivity contribution in [2.24, 2.45) is 5.92 Å². The first-order chi connectivity index (χ1) is 8.17. The first-order valence-corrected chi connectivity index (χ1v) is 6.03. The van der Waals surface area contributed by atoms with Crippen LogP contribution in [0.3, 0.4) is 0 Å². The molecule has 0 fully saturated rings. The number of hydrogen-bond acceptors (Lipinski definition) is 2. The molecule has 17 heavy (non-hydrogen) atoms. The summed E-state index contributed by atoms with van der Waals surface area (Å²) in [6.07, 6.45) is 3.34. The second-order valence-corrected chi connectivity index (χ2v) is 4.23. The van der Waals surface area contributed by atoms with Gasteiger partial charge in [0.1, 0.15) is 5.75 Å². The van der Waals surface area contributed by atoms with Crippen molar-refractivity contribution in [1.82, 2.24) is 0 Å². The lowest BCUT2D eigenvalue weighted by Crippen LogP contribution is -2.16. The molecule has 1 N–H and O–H groups in total. The van der Waals surface area contributed by atoms with E-state index in [1.807, 2.05) is 24.3 Å². The topological polar surface area (TPSA) is 46.5 Å². The maximum Gasteiger partial charge on any atom is 0.306 e.